The van der Waals surface area contributed by atoms with Crippen molar-refractivity contribution < 1.29 is 4.74 Å². The van der Waals surface area contributed by atoms with Crippen molar-refractivity contribution >= 4 is 15.9 Å². The van der Waals surface area contributed by atoms with Crippen molar-refractivity contribution in [3.05, 3.63) is 28.2 Å². The summed E-state index contributed by atoms with van der Waals surface area (Å²) in [6.07, 6.45) is 5.21. The van der Waals surface area contributed by atoms with E-state index in [1.54, 1.807) is 0 Å². The van der Waals surface area contributed by atoms with Gasteiger partial charge in [0.2, 0.25) is 0 Å². The Hall–Kier alpha value is -0.580. The molecule has 2 N–H and O–H groups in total. The van der Waals surface area contributed by atoms with Crippen LogP contribution in [0.1, 0.15) is 31.7 Å². The van der Waals surface area contributed by atoms with Gasteiger partial charge in [-0.1, -0.05) is 29.3 Å². The quantitative estimate of drug-likeness (QED) is 0.884. The first kappa shape index (κ1) is 15.3. The number of fused-ring (bicyclic) bond motifs is 1. The molecule has 1 aromatic rings. The van der Waals surface area contributed by atoms with E-state index >= 15 is 0 Å². The largest absolute Gasteiger partial charge is 0.488 e. The molecule has 0 spiro atoms. The standard InChI is InChI=1S/C17H25BrN2O/c1-2-20(16-5-3-4-12(16)10-19)11-15-9-13-8-14(18)6-7-17(13)21-15/h6-8,12,15-16H,2-5,9-11,19H2,1H3. The van der Waals surface area contributed by atoms with E-state index in [1.165, 1.54) is 24.8 Å². The summed E-state index contributed by atoms with van der Waals surface area (Å²) in [5.74, 6) is 1.73. The lowest BCUT2D eigenvalue weighted by Gasteiger charge is -2.33. The third kappa shape index (κ3) is 3.27. The highest BCUT2D eigenvalue weighted by molar-refractivity contribution is 9.10. The van der Waals surface area contributed by atoms with Crippen LogP contribution in [0, 0.1) is 5.92 Å². The maximum absolute atomic E-state index is 6.13. The van der Waals surface area contributed by atoms with Crippen LogP contribution < -0.4 is 10.5 Å². The lowest BCUT2D eigenvalue weighted by Crippen LogP contribution is -2.45. The minimum Gasteiger partial charge on any atom is -0.488 e. The van der Waals surface area contributed by atoms with Crippen LogP contribution >= 0.6 is 15.9 Å². The molecule has 1 aliphatic heterocycles. The number of nitrogens with two attached hydrogens (primary N) is 1. The fourth-order valence-corrected chi connectivity index (χ4v) is 4.33. The molecule has 4 heteroatoms. The summed E-state index contributed by atoms with van der Waals surface area (Å²) in [6, 6.07) is 6.97. The first-order chi connectivity index (χ1) is 10.2. The Labute approximate surface area is 136 Å². The van der Waals surface area contributed by atoms with Crippen LogP contribution in [0.25, 0.3) is 0 Å². The van der Waals surface area contributed by atoms with Crippen molar-refractivity contribution in [3.63, 3.8) is 0 Å². The second-order valence-electron chi connectivity index (χ2n) is 6.28. The van der Waals surface area contributed by atoms with Gasteiger partial charge < -0.3 is 10.5 Å². The van der Waals surface area contributed by atoms with E-state index in [2.05, 4.69) is 46.0 Å². The Balaban J connectivity index is 1.64. The number of rotatable bonds is 5. The summed E-state index contributed by atoms with van der Waals surface area (Å²) in [4.78, 5) is 2.59. The number of hydrogen-bond acceptors (Lipinski definition) is 3. The second-order valence-corrected chi connectivity index (χ2v) is 7.19. The van der Waals surface area contributed by atoms with E-state index in [0.717, 1.165) is 36.3 Å². The number of nitrogens with zero attached hydrogens (tertiary/aromatic N) is 1. The van der Waals surface area contributed by atoms with E-state index in [1.807, 2.05) is 0 Å². The Morgan fingerprint density at radius 1 is 1.38 bits per heavy atom. The second kappa shape index (κ2) is 6.67. The molecule has 116 valence electrons. The summed E-state index contributed by atoms with van der Waals surface area (Å²) in [5, 5.41) is 0. The zero-order valence-electron chi connectivity index (χ0n) is 12.7. The van der Waals surface area contributed by atoms with Crippen molar-refractivity contribution in [2.45, 2.75) is 44.8 Å². The predicted octanol–water partition coefficient (Wildman–Crippen LogP) is 3.20. The number of ether oxygens (including phenoxy) is 1. The molecule has 3 unspecified atom stereocenters. The SMILES string of the molecule is CCN(CC1Cc2cc(Br)ccc2O1)C1CCCC1CN. The van der Waals surface area contributed by atoms with Crippen LogP contribution in [0.3, 0.4) is 0 Å². The van der Waals surface area contributed by atoms with Gasteiger partial charge in [-0.05, 0) is 55.6 Å². The van der Waals surface area contributed by atoms with E-state index in [4.69, 9.17) is 10.5 Å². The van der Waals surface area contributed by atoms with Gasteiger partial charge >= 0.3 is 0 Å². The summed E-state index contributed by atoms with van der Waals surface area (Å²) in [5.41, 5.74) is 7.27. The summed E-state index contributed by atoms with van der Waals surface area (Å²) >= 11 is 3.54. The van der Waals surface area contributed by atoms with Gasteiger partial charge in [0.1, 0.15) is 11.9 Å². The highest BCUT2D eigenvalue weighted by atomic mass is 79.9. The van der Waals surface area contributed by atoms with Crippen molar-refractivity contribution in [2.75, 3.05) is 19.6 Å². The van der Waals surface area contributed by atoms with Gasteiger partial charge in [-0.15, -0.1) is 0 Å². The monoisotopic (exact) mass is 352 g/mol. The van der Waals surface area contributed by atoms with Crippen LogP contribution in [0.4, 0.5) is 0 Å². The van der Waals surface area contributed by atoms with E-state index in [0.29, 0.717) is 12.0 Å². The zero-order valence-corrected chi connectivity index (χ0v) is 14.3. The fourth-order valence-electron chi connectivity index (χ4n) is 3.92. The summed E-state index contributed by atoms with van der Waals surface area (Å²) in [6.45, 7) is 5.18. The van der Waals surface area contributed by atoms with Gasteiger partial charge in [-0.25, -0.2) is 0 Å². The minimum atomic E-state index is 0.285. The molecule has 3 nitrogen and oxygen atoms in total. The molecule has 0 aromatic heterocycles. The fraction of sp³-hybridized carbons (Fsp3) is 0.647. The van der Waals surface area contributed by atoms with E-state index in [-0.39, 0.29) is 6.10 Å². The normalized spacial score (nSPS) is 27.9. The Kier molecular flexibility index (Phi) is 4.87. The number of hydrogen-bond donors (Lipinski definition) is 1. The molecule has 3 atom stereocenters. The summed E-state index contributed by atoms with van der Waals surface area (Å²) in [7, 11) is 0. The van der Waals surface area contributed by atoms with Gasteiger partial charge in [0.05, 0.1) is 0 Å². The van der Waals surface area contributed by atoms with Crippen LogP contribution in [0.15, 0.2) is 22.7 Å². The smallest absolute Gasteiger partial charge is 0.123 e. The van der Waals surface area contributed by atoms with Crippen molar-refractivity contribution in [2.24, 2.45) is 11.7 Å². The van der Waals surface area contributed by atoms with Crippen molar-refractivity contribution in [1.82, 2.24) is 4.90 Å². The predicted molar refractivity (Wildman–Crippen MR) is 89.7 cm³/mol. The molecular formula is C17H25BrN2O. The van der Waals surface area contributed by atoms with Crippen LogP contribution in [-0.2, 0) is 6.42 Å². The molecule has 1 fully saturated rings. The number of benzene rings is 1. The molecule has 2 aliphatic rings. The molecule has 0 saturated heterocycles. The summed E-state index contributed by atoms with van der Waals surface area (Å²) < 4.78 is 7.26. The highest BCUT2D eigenvalue weighted by Gasteiger charge is 2.33. The zero-order chi connectivity index (χ0) is 14.8. The lowest BCUT2D eigenvalue weighted by molar-refractivity contribution is 0.104. The van der Waals surface area contributed by atoms with Crippen LogP contribution in [0.2, 0.25) is 0 Å². The maximum Gasteiger partial charge on any atom is 0.123 e. The topological polar surface area (TPSA) is 38.5 Å². The van der Waals surface area contributed by atoms with Gasteiger partial charge in [0.15, 0.2) is 0 Å². The average Bonchev–Trinajstić information content (AvgIpc) is 3.09. The molecule has 1 saturated carbocycles. The Morgan fingerprint density at radius 2 is 2.24 bits per heavy atom. The highest BCUT2D eigenvalue weighted by Crippen LogP contribution is 2.33. The molecule has 0 radical (unpaired) electrons. The van der Waals surface area contributed by atoms with Crippen molar-refractivity contribution in [1.29, 1.82) is 0 Å². The van der Waals surface area contributed by atoms with Crippen LogP contribution in [-0.4, -0.2) is 36.7 Å². The molecule has 21 heavy (non-hydrogen) atoms. The minimum absolute atomic E-state index is 0.285. The third-order valence-electron chi connectivity index (χ3n) is 5.00. The Morgan fingerprint density at radius 3 is 3.00 bits per heavy atom. The molecule has 3 rings (SSSR count). The molecule has 1 aliphatic carbocycles. The first-order valence-electron chi connectivity index (χ1n) is 8.10. The lowest BCUT2D eigenvalue weighted by atomic mass is 10.0. The van der Waals surface area contributed by atoms with Gasteiger partial charge in [-0.3, -0.25) is 4.90 Å². The molecule has 0 bridgehead atoms. The number of likely N-dealkylation sites (N-methyl/N-ethyl adjacent to an activating group) is 1. The van der Waals surface area contributed by atoms with Gasteiger partial charge in [-0.2, -0.15) is 0 Å². The molecule has 1 heterocycles. The maximum atomic E-state index is 6.13. The van der Waals surface area contributed by atoms with E-state index in [9.17, 15) is 0 Å². The molecular weight excluding hydrogens is 328 g/mol. The van der Waals surface area contributed by atoms with Gasteiger partial charge in [0, 0.05) is 23.5 Å². The van der Waals surface area contributed by atoms with Crippen molar-refractivity contribution in [3.8, 4) is 5.75 Å². The molecule has 0 amide bonds. The van der Waals surface area contributed by atoms with E-state index < -0.39 is 0 Å². The van der Waals surface area contributed by atoms with Gasteiger partial charge in [0.25, 0.3) is 0 Å². The first-order valence-corrected chi connectivity index (χ1v) is 8.89. The molecule has 1 aromatic carbocycles. The number of halogens is 1. The average molecular weight is 353 g/mol. The third-order valence-corrected chi connectivity index (χ3v) is 5.49. The van der Waals surface area contributed by atoms with Crippen LogP contribution in [0.5, 0.6) is 5.75 Å². The Bertz CT molecular complexity index is 494.